The van der Waals surface area contributed by atoms with Crippen LogP contribution in [0.25, 0.3) is 0 Å². The topological polar surface area (TPSA) is 76.1 Å². The monoisotopic (exact) mass is 337 g/mol. The highest BCUT2D eigenvalue weighted by Crippen LogP contribution is 2.16. The van der Waals surface area contributed by atoms with Crippen LogP contribution in [0.2, 0.25) is 0 Å². The number of hydrogen-bond acceptors (Lipinski definition) is 4. The molecule has 1 rings (SSSR count). The van der Waals surface area contributed by atoms with E-state index < -0.39 is 12.3 Å². The number of carbonyl (C=O) groups excluding carboxylic acids is 1. The quantitative estimate of drug-likeness (QED) is 0.628. The standard InChI is InChI=1S/C18H27NO5/c1-4-23-18(24-5-2)14(3)19(16(20)11-12-17(21)22)13-15-9-7-6-8-10-15/h6-10,14,18H,4-5,11-13H2,1-3H3,(H,21,22). The van der Waals surface area contributed by atoms with Gasteiger partial charge in [0, 0.05) is 26.2 Å². The molecule has 0 saturated carbocycles. The van der Waals surface area contributed by atoms with E-state index in [9.17, 15) is 9.59 Å². The third kappa shape index (κ3) is 6.68. The van der Waals surface area contributed by atoms with E-state index >= 15 is 0 Å². The number of rotatable bonds is 11. The summed E-state index contributed by atoms with van der Waals surface area (Å²) in [6.45, 7) is 6.92. The van der Waals surface area contributed by atoms with E-state index in [0.717, 1.165) is 5.56 Å². The smallest absolute Gasteiger partial charge is 0.303 e. The SMILES string of the molecule is CCOC(OCC)C(C)N(Cc1ccccc1)C(=O)CCC(=O)O. The van der Waals surface area contributed by atoms with Gasteiger partial charge in [-0.05, 0) is 26.3 Å². The Labute approximate surface area is 143 Å². The van der Waals surface area contributed by atoms with Gasteiger partial charge in [0.05, 0.1) is 12.5 Å². The van der Waals surface area contributed by atoms with E-state index in [0.29, 0.717) is 19.8 Å². The molecular weight excluding hydrogens is 310 g/mol. The van der Waals surface area contributed by atoms with Crippen LogP contribution in [0.3, 0.4) is 0 Å². The van der Waals surface area contributed by atoms with Gasteiger partial charge < -0.3 is 19.5 Å². The number of benzene rings is 1. The summed E-state index contributed by atoms with van der Waals surface area (Å²) in [5.74, 6) is -1.21. The van der Waals surface area contributed by atoms with E-state index in [1.54, 1.807) is 4.90 Å². The van der Waals surface area contributed by atoms with Crippen molar-refractivity contribution in [2.45, 2.75) is 52.5 Å². The summed E-state index contributed by atoms with van der Waals surface area (Å²) in [7, 11) is 0. The first-order valence-corrected chi connectivity index (χ1v) is 8.27. The average Bonchev–Trinajstić information content (AvgIpc) is 2.57. The number of amides is 1. The fourth-order valence-corrected chi connectivity index (χ4v) is 2.40. The molecule has 0 radical (unpaired) electrons. The second-order valence-corrected chi connectivity index (χ2v) is 5.42. The summed E-state index contributed by atoms with van der Waals surface area (Å²) >= 11 is 0. The lowest BCUT2D eigenvalue weighted by Crippen LogP contribution is -2.47. The molecule has 0 aliphatic rings. The van der Waals surface area contributed by atoms with Crippen molar-refractivity contribution < 1.29 is 24.2 Å². The summed E-state index contributed by atoms with van der Waals surface area (Å²) in [5.41, 5.74) is 0.972. The lowest BCUT2D eigenvalue weighted by molar-refractivity contribution is -0.179. The average molecular weight is 337 g/mol. The normalized spacial score (nSPS) is 12.2. The molecule has 1 N–H and O–H groups in total. The molecule has 0 aliphatic heterocycles. The molecule has 0 aliphatic carbocycles. The predicted molar refractivity (Wildman–Crippen MR) is 90.4 cm³/mol. The van der Waals surface area contributed by atoms with Crippen LogP contribution in [0, 0.1) is 0 Å². The van der Waals surface area contributed by atoms with E-state index in [1.165, 1.54) is 0 Å². The number of nitrogens with zero attached hydrogens (tertiary/aromatic N) is 1. The largest absolute Gasteiger partial charge is 0.481 e. The number of ether oxygens (including phenoxy) is 2. The van der Waals surface area contributed by atoms with Crippen molar-refractivity contribution in [2.24, 2.45) is 0 Å². The Morgan fingerprint density at radius 1 is 1.08 bits per heavy atom. The van der Waals surface area contributed by atoms with Crippen LogP contribution >= 0.6 is 0 Å². The van der Waals surface area contributed by atoms with Gasteiger partial charge in [0.1, 0.15) is 0 Å². The van der Waals surface area contributed by atoms with Gasteiger partial charge >= 0.3 is 5.97 Å². The van der Waals surface area contributed by atoms with Crippen molar-refractivity contribution in [3.05, 3.63) is 35.9 Å². The molecule has 1 amide bonds. The number of aliphatic carboxylic acids is 1. The predicted octanol–water partition coefficient (Wildman–Crippen LogP) is 2.67. The third-order valence-corrected chi connectivity index (χ3v) is 3.62. The van der Waals surface area contributed by atoms with Crippen LogP contribution in [0.4, 0.5) is 0 Å². The highest BCUT2D eigenvalue weighted by molar-refractivity contribution is 5.81. The van der Waals surface area contributed by atoms with Crippen LogP contribution in [0.15, 0.2) is 30.3 Å². The second kappa shape index (κ2) is 10.8. The zero-order chi connectivity index (χ0) is 17.9. The molecule has 6 heteroatoms. The maximum absolute atomic E-state index is 12.6. The lowest BCUT2D eigenvalue weighted by Gasteiger charge is -2.34. The Balaban J connectivity index is 2.92. The van der Waals surface area contributed by atoms with E-state index in [2.05, 4.69) is 0 Å². The fourth-order valence-electron chi connectivity index (χ4n) is 2.40. The summed E-state index contributed by atoms with van der Waals surface area (Å²) in [6.07, 6.45) is -0.778. The Hall–Kier alpha value is -1.92. The Bertz CT molecular complexity index is 499. The summed E-state index contributed by atoms with van der Waals surface area (Å²) in [6, 6.07) is 9.25. The lowest BCUT2D eigenvalue weighted by atomic mass is 10.1. The molecule has 6 nitrogen and oxygen atoms in total. The molecule has 1 aromatic rings. The number of hydrogen-bond donors (Lipinski definition) is 1. The van der Waals surface area contributed by atoms with Crippen molar-refractivity contribution in [3.8, 4) is 0 Å². The minimum Gasteiger partial charge on any atom is -0.481 e. The number of carboxylic acid groups (broad SMARTS) is 1. The van der Waals surface area contributed by atoms with Crippen LogP contribution in [0.5, 0.6) is 0 Å². The van der Waals surface area contributed by atoms with Crippen molar-refractivity contribution in [2.75, 3.05) is 13.2 Å². The molecule has 24 heavy (non-hydrogen) atoms. The first-order valence-electron chi connectivity index (χ1n) is 8.27. The molecule has 0 spiro atoms. The molecule has 1 atom stereocenters. The van der Waals surface area contributed by atoms with Gasteiger partial charge in [-0.3, -0.25) is 9.59 Å². The molecule has 0 bridgehead atoms. The first-order chi connectivity index (χ1) is 11.5. The molecule has 1 aromatic carbocycles. The number of carbonyl (C=O) groups is 2. The van der Waals surface area contributed by atoms with E-state index in [1.807, 2.05) is 51.1 Å². The van der Waals surface area contributed by atoms with E-state index in [-0.39, 0.29) is 24.8 Å². The molecule has 1 unspecified atom stereocenters. The van der Waals surface area contributed by atoms with Gasteiger partial charge in [0.25, 0.3) is 0 Å². The molecule has 0 fully saturated rings. The minimum atomic E-state index is -0.984. The molecule has 0 saturated heterocycles. The summed E-state index contributed by atoms with van der Waals surface area (Å²) in [5, 5.41) is 8.83. The van der Waals surface area contributed by atoms with Crippen molar-refractivity contribution >= 4 is 11.9 Å². The third-order valence-electron chi connectivity index (χ3n) is 3.62. The van der Waals surface area contributed by atoms with Gasteiger partial charge in [-0.25, -0.2) is 0 Å². The second-order valence-electron chi connectivity index (χ2n) is 5.42. The molecule has 0 heterocycles. The maximum Gasteiger partial charge on any atom is 0.303 e. The van der Waals surface area contributed by atoms with Gasteiger partial charge in [-0.15, -0.1) is 0 Å². The fraction of sp³-hybridized carbons (Fsp3) is 0.556. The first kappa shape index (κ1) is 20.1. The molecule has 0 aromatic heterocycles. The van der Waals surface area contributed by atoms with Crippen LogP contribution in [0.1, 0.15) is 39.2 Å². The zero-order valence-corrected chi connectivity index (χ0v) is 14.6. The molecular formula is C18H27NO5. The molecule has 134 valence electrons. The van der Waals surface area contributed by atoms with Gasteiger partial charge in [-0.2, -0.15) is 0 Å². The zero-order valence-electron chi connectivity index (χ0n) is 14.6. The van der Waals surface area contributed by atoms with Gasteiger partial charge in [0.2, 0.25) is 5.91 Å². The van der Waals surface area contributed by atoms with Crippen molar-refractivity contribution in [1.29, 1.82) is 0 Å². The Kier molecular flexibility index (Phi) is 9.04. The number of carboxylic acids is 1. The Morgan fingerprint density at radius 3 is 2.17 bits per heavy atom. The van der Waals surface area contributed by atoms with Crippen LogP contribution in [-0.2, 0) is 25.6 Å². The van der Waals surface area contributed by atoms with Crippen LogP contribution < -0.4 is 0 Å². The summed E-state index contributed by atoms with van der Waals surface area (Å²) in [4.78, 5) is 25.0. The van der Waals surface area contributed by atoms with Gasteiger partial charge in [-0.1, -0.05) is 30.3 Å². The van der Waals surface area contributed by atoms with E-state index in [4.69, 9.17) is 14.6 Å². The summed E-state index contributed by atoms with van der Waals surface area (Å²) < 4.78 is 11.2. The Morgan fingerprint density at radius 2 is 1.67 bits per heavy atom. The van der Waals surface area contributed by atoms with Crippen molar-refractivity contribution in [3.63, 3.8) is 0 Å². The van der Waals surface area contributed by atoms with Crippen LogP contribution in [-0.4, -0.2) is 47.4 Å². The van der Waals surface area contributed by atoms with Gasteiger partial charge in [0.15, 0.2) is 6.29 Å². The van der Waals surface area contributed by atoms with Crippen molar-refractivity contribution in [1.82, 2.24) is 4.90 Å². The highest BCUT2D eigenvalue weighted by atomic mass is 16.7. The minimum absolute atomic E-state index is 0.0442. The maximum atomic E-state index is 12.6. The highest BCUT2D eigenvalue weighted by Gasteiger charge is 2.28.